The number of amidine groups is 1. The van der Waals surface area contributed by atoms with E-state index < -0.39 is 37.7 Å². The Morgan fingerprint density at radius 1 is 1.07 bits per heavy atom. The Kier molecular flexibility index (Phi) is 10.6. The predicted octanol–water partition coefficient (Wildman–Crippen LogP) is 2.23. The van der Waals surface area contributed by atoms with Gasteiger partial charge in [0.1, 0.15) is 15.7 Å². The molecule has 226 valence electrons. The minimum absolute atomic E-state index is 0.0238. The van der Waals surface area contributed by atoms with Crippen LogP contribution in [0.2, 0.25) is 0 Å². The van der Waals surface area contributed by atoms with Crippen molar-refractivity contribution in [3.05, 3.63) is 28.8 Å². The number of nitrogens with zero attached hydrogens (tertiary/aromatic N) is 3. The van der Waals surface area contributed by atoms with Crippen LogP contribution in [0.4, 0.5) is 10.5 Å². The SMILES string of the molecule is CCS(=O)(=O)CCCCCCC1=NC(O)C2(CCN(S(=O)(=O)CCc3c(C)cc(N(C)C(N)=O)cc3C)CC2)N1. The molecule has 13 heteroatoms. The van der Waals surface area contributed by atoms with Gasteiger partial charge in [-0.05, 0) is 74.8 Å². The highest BCUT2D eigenvalue weighted by molar-refractivity contribution is 7.91. The van der Waals surface area contributed by atoms with E-state index in [0.717, 1.165) is 41.8 Å². The number of aryl methyl sites for hydroxylation is 2. The lowest BCUT2D eigenvalue weighted by atomic mass is 9.87. The van der Waals surface area contributed by atoms with E-state index in [1.807, 2.05) is 26.0 Å². The summed E-state index contributed by atoms with van der Waals surface area (Å²) in [7, 11) is -4.84. The Balaban J connectivity index is 1.48. The Hall–Kier alpha value is -2.22. The van der Waals surface area contributed by atoms with Crippen molar-refractivity contribution < 1.29 is 26.7 Å². The third kappa shape index (κ3) is 7.95. The minimum atomic E-state index is -3.51. The van der Waals surface area contributed by atoms with E-state index in [0.29, 0.717) is 50.9 Å². The van der Waals surface area contributed by atoms with E-state index in [-0.39, 0.29) is 17.3 Å². The highest BCUT2D eigenvalue weighted by Crippen LogP contribution is 2.32. The van der Waals surface area contributed by atoms with Crippen LogP contribution in [0, 0.1) is 13.8 Å². The second kappa shape index (κ2) is 13.2. The number of anilines is 1. The van der Waals surface area contributed by atoms with Gasteiger partial charge in [0, 0.05) is 38.0 Å². The molecule has 1 fully saturated rings. The maximum atomic E-state index is 13.2. The van der Waals surface area contributed by atoms with Gasteiger partial charge in [0.25, 0.3) is 0 Å². The van der Waals surface area contributed by atoms with Gasteiger partial charge in [-0.2, -0.15) is 0 Å². The Bertz CT molecular complexity index is 1280. The van der Waals surface area contributed by atoms with Gasteiger partial charge < -0.3 is 16.2 Å². The molecule has 11 nitrogen and oxygen atoms in total. The maximum Gasteiger partial charge on any atom is 0.318 e. The number of amides is 2. The second-order valence-electron chi connectivity index (χ2n) is 11.1. The van der Waals surface area contributed by atoms with Crippen LogP contribution >= 0.6 is 0 Å². The maximum absolute atomic E-state index is 13.2. The molecule has 1 aromatic carbocycles. The van der Waals surface area contributed by atoms with E-state index in [2.05, 4.69) is 10.3 Å². The number of urea groups is 1. The number of carbonyl (C=O) groups excluding carboxylic acids is 1. The molecule has 1 unspecified atom stereocenters. The van der Waals surface area contributed by atoms with Crippen molar-refractivity contribution in [2.45, 2.75) is 83.9 Å². The molecule has 2 amide bonds. The molecule has 3 rings (SSSR count). The van der Waals surface area contributed by atoms with Crippen LogP contribution in [-0.2, 0) is 26.3 Å². The lowest BCUT2D eigenvalue weighted by molar-refractivity contribution is 0.0579. The summed E-state index contributed by atoms with van der Waals surface area (Å²) in [5.74, 6) is 1.12. The first-order valence-corrected chi connectivity index (χ1v) is 17.5. The van der Waals surface area contributed by atoms with Crippen LogP contribution in [-0.4, -0.2) is 87.3 Å². The molecule has 0 radical (unpaired) electrons. The molecule has 1 atom stereocenters. The van der Waals surface area contributed by atoms with Crippen molar-refractivity contribution in [1.82, 2.24) is 9.62 Å². The Labute approximate surface area is 239 Å². The van der Waals surface area contributed by atoms with Crippen LogP contribution in [0.15, 0.2) is 17.1 Å². The number of sulfonamides is 1. The summed E-state index contributed by atoms with van der Waals surface area (Å²) < 4.78 is 51.1. The molecule has 1 saturated heterocycles. The van der Waals surface area contributed by atoms with Crippen molar-refractivity contribution in [1.29, 1.82) is 0 Å². The zero-order valence-electron chi connectivity index (χ0n) is 24.1. The number of aliphatic hydroxyl groups is 1. The Morgan fingerprint density at radius 3 is 2.25 bits per heavy atom. The fourth-order valence-electron chi connectivity index (χ4n) is 5.49. The predicted molar refractivity (Wildman–Crippen MR) is 159 cm³/mol. The van der Waals surface area contributed by atoms with Crippen LogP contribution in [0.25, 0.3) is 0 Å². The first kappa shape index (κ1) is 32.3. The number of rotatable bonds is 13. The molecule has 4 N–H and O–H groups in total. The van der Waals surface area contributed by atoms with Gasteiger partial charge in [0.05, 0.1) is 17.0 Å². The van der Waals surface area contributed by atoms with Gasteiger partial charge in [0.15, 0.2) is 6.23 Å². The number of carbonyl (C=O) groups is 1. The quantitative estimate of drug-likeness (QED) is 0.293. The lowest BCUT2D eigenvalue weighted by Gasteiger charge is -2.40. The number of aliphatic imine (C=N–C) groups is 1. The standard InChI is InChI=1S/C27H45N5O6S2/c1-5-39(35,36)16-9-7-6-8-10-24-29-25(33)27(30-24)12-14-32(15-13-27)40(37,38)17-11-23-20(2)18-22(19-21(23)3)31(4)26(28)34/h18-19,25,33H,5-17H2,1-4H3,(H2,28,34)(H,29,30). The van der Waals surface area contributed by atoms with Crippen molar-refractivity contribution in [3.8, 4) is 0 Å². The highest BCUT2D eigenvalue weighted by atomic mass is 32.2. The fourth-order valence-corrected chi connectivity index (χ4v) is 7.88. The molecule has 2 heterocycles. The van der Waals surface area contributed by atoms with Gasteiger partial charge in [-0.3, -0.25) is 4.90 Å². The van der Waals surface area contributed by atoms with E-state index >= 15 is 0 Å². The first-order valence-electron chi connectivity index (χ1n) is 14.0. The number of unbranched alkanes of at least 4 members (excludes halogenated alkanes) is 3. The van der Waals surface area contributed by atoms with Gasteiger partial charge in [-0.1, -0.05) is 19.8 Å². The summed E-state index contributed by atoms with van der Waals surface area (Å²) >= 11 is 0. The summed E-state index contributed by atoms with van der Waals surface area (Å²) in [6, 6.07) is 3.12. The molecule has 1 spiro atoms. The normalized spacial score (nSPS) is 19.4. The van der Waals surface area contributed by atoms with Crippen molar-refractivity contribution in [2.75, 3.05) is 42.3 Å². The average Bonchev–Trinajstić information content (AvgIpc) is 3.19. The average molecular weight is 600 g/mol. The summed E-state index contributed by atoms with van der Waals surface area (Å²) in [5.41, 5.74) is 8.15. The van der Waals surface area contributed by atoms with Gasteiger partial charge in [-0.15, -0.1) is 0 Å². The third-order valence-corrected chi connectivity index (χ3v) is 11.9. The van der Waals surface area contributed by atoms with Crippen molar-refractivity contribution >= 4 is 37.4 Å². The molecule has 0 aliphatic carbocycles. The number of piperidine rings is 1. The molecule has 0 bridgehead atoms. The van der Waals surface area contributed by atoms with Gasteiger partial charge >= 0.3 is 6.03 Å². The topological polar surface area (TPSA) is 162 Å². The van der Waals surface area contributed by atoms with E-state index in [1.54, 1.807) is 14.0 Å². The number of primary amides is 1. The molecule has 0 saturated carbocycles. The zero-order chi connectivity index (χ0) is 29.7. The number of hydrogen-bond acceptors (Lipinski definition) is 8. The first-order chi connectivity index (χ1) is 18.7. The highest BCUT2D eigenvalue weighted by Gasteiger charge is 2.46. The van der Waals surface area contributed by atoms with Gasteiger partial charge in [0.2, 0.25) is 10.0 Å². The minimum Gasteiger partial charge on any atom is -0.370 e. The largest absolute Gasteiger partial charge is 0.370 e. The summed E-state index contributed by atoms with van der Waals surface area (Å²) in [4.78, 5) is 17.3. The fraction of sp³-hybridized carbons (Fsp3) is 0.704. The van der Waals surface area contributed by atoms with E-state index in [9.17, 15) is 26.7 Å². The monoisotopic (exact) mass is 599 g/mol. The summed E-state index contributed by atoms with van der Waals surface area (Å²) in [6.07, 6.45) is 4.27. The number of nitrogens with two attached hydrogens (primary N) is 1. The summed E-state index contributed by atoms with van der Waals surface area (Å²) in [6.45, 7) is 6.08. The molecular formula is C27H45N5O6S2. The molecule has 2 aliphatic heterocycles. The van der Waals surface area contributed by atoms with Crippen molar-refractivity contribution in [2.24, 2.45) is 10.7 Å². The van der Waals surface area contributed by atoms with Gasteiger partial charge in [-0.25, -0.2) is 30.9 Å². The number of hydrogen-bond donors (Lipinski definition) is 3. The Morgan fingerprint density at radius 2 is 1.68 bits per heavy atom. The molecule has 2 aliphatic rings. The smallest absolute Gasteiger partial charge is 0.318 e. The van der Waals surface area contributed by atoms with E-state index in [1.165, 1.54) is 9.21 Å². The van der Waals surface area contributed by atoms with Crippen LogP contribution in [0.3, 0.4) is 0 Å². The molecule has 40 heavy (non-hydrogen) atoms. The number of benzene rings is 1. The van der Waals surface area contributed by atoms with Crippen LogP contribution in [0.1, 0.15) is 68.6 Å². The van der Waals surface area contributed by atoms with Crippen molar-refractivity contribution in [3.63, 3.8) is 0 Å². The van der Waals surface area contributed by atoms with Crippen LogP contribution in [0.5, 0.6) is 0 Å². The molecular weight excluding hydrogens is 554 g/mol. The van der Waals surface area contributed by atoms with E-state index in [4.69, 9.17) is 5.73 Å². The third-order valence-electron chi connectivity index (χ3n) is 8.24. The zero-order valence-corrected chi connectivity index (χ0v) is 25.8. The number of nitrogens with one attached hydrogen (secondary N) is 1. The number of aliphatic hydroxyl groups excluding tert-OH is 1. The lowest BCUT2D eigenvalue weighted by Crippen LogP contribution is -2.58. The van der Waals surface area contributed by atoms with Crippen LogP contribution < -0.4 is 16.0 Å². The second-order valence-corrected chi connectivity index (χ2v) is 15.6. The molecule has 0 aromatic heterocycles. The summed E-state index contributed by atoms with van der Waals surface area (Å²) in [5, 5.41) is 14.1. The number of sulfone groups is 1. The molecule has 1 aromatic rings.